The molecule has 3 fully saturated rings. The molecule has 4 rings (SSSR count). The van der Waals surface area contributed by atoms with Gasteiger partial charge in [0.25, 0.3) is 0 Å². The zero-order valence-corrected chi connectivity index (χ0v) is 23.2. The summed E-state index contributed by atoms with van der Waals surface area (Å²) in [7, 11) is 4.28. The molecule has 0 spiro atoms. The lowest BCUT2D eigenvalue weighted by atomic mass is 9.47. The largest absolute Gasteiger partial charge is 0.377 e. The second-order valence-corrected chi connectivity index (χ2v) is 13.8. The van der Waals surface area contributed by atoms with Crippen molar-refractivity contribution in [3.8, 4) is 0 Å². The third kappa shape index (κ3) is 5.13. The SMILES string of the molecule is CC(C)CCC[C@@H](C)[C@H]1CC[C@H]2C3CC=C4C[C@@H](OCCN(C)C)CC[C@]4(C)[C@H]3CC[C@]12C. The molecule has 4 aliphatic rings. The predicted molar refractivity (Wildman–Crippen MR) is 141 cm³/mol. The molecule has 8 atom stereocenters. The van der Waals surface area contributed by atoms with Crippen molar-refractivity contribution in [2.24, 2.45) is 46.3 Å². The molecule has 33 heavy (non-hydrogen) atoms. The third-order valence-electron chi connectivity index (χ3n) is 11.2. The molecule has 0 saturated heterocycles. The fourth-order valence-corrected chi connectivity index (χ4v) is 9.20. The minimum absolute atomic E-state index is 0.451. The highest BCUT2D eigenvalue weighted by Crippen LogP contribution is 2.67. The van der Waals surface area contributed by atoms with E-state index in [0.717, 1.165) is 48.7 Å². The first-order chi connectivity index (χ1) is 15.6. The van der Waals surface area contributed by atoms with Crippen LogP contribution in [0.5, 0.6) is 0 Å². The minimum Gasteiger partial charge on any atom is -0.377 e. The van der Waals surface area contributed by atoms with E-state index in [2.05, 4.69) is 59.7 Å². The summed E-state index contributed by atoms with van der Waals surface area (Å²) in [6, 6.07) is 0. The highest BCUT2D eigenvalue weighted by molar-refractivity contribution is 5.25. The van der Waals surface area contributed by atoms with Gasteiger partial charge in [0.1, 0.15) is 0 Å². The van der Waals surface area contributed by atoms with Crippen molar-refractivity contribution in [1.82, 2.24) is 4.90 Å². The van der Waals surface area contributed by atoms with E-state index >= 15 is 0 Å². The molecule has 0 aromatic rings. The third-order valence-corrected chi connectivity index (χ3v) is 11.2. The summed E-state index contributed by atoms with van der Waals surface area (Å²) in [6.07, 6.45) is 18.6. The van der Waals surface area contributed by atoms with Crippen LogP contribution in [0.4, 0.5) is 0 Å². The van der Waals surface area contributed by atoms with E-state index in [-0.39, 0.29) is 0 Å². The first-order valence-corrected chi connectivity index (χ1v) is 14.6. The average Bonchev–Trinajstić information content (AvgIpc) is 3.10. The summed E-state index contributed by atoms with van der Waals surface area (Å²) in [6.45, 7) is 14.7. The van der Waals surface area contributed by atoms with Crippen molar-refractivity contribution in [2.75, 3.05) is 27.2 Å². The molecule has 0 aliphatic heterocycles. The number of hydrogen-bond donors (Lipinski definition) is 0. The molecule has 2 nitrogen and oxygen atoms in total. The van der Waals surface area contributed by atoms with Crippen LogP contribution in [-0.2, 0) is 4.74 Å². The lowest BCUT2D eigenvalue weighted by Gasteiger charge is -2.58. The van der Waals surface area contributed by atoms with Gasteiger partial charge in [-0.2, -0.15) is 0 Å². The Morgan fingerprint density at radius 2 is 1.79 bits per heavy atom. The van der Waals surface area contributed by atoms with Crippen LogP contribution < -0.4 is 0 Å². The zero-order valence-electron chi connectivity index (χ0n) is 23.2. The van der Waals surface area contributed by atoms with Gasteiger partial charge in [0.15, 0.2) is 0 Å². The monoisotopic (exact) mass is 457 g/mol. The quantitative estimate of drug-likeness (QED) is 0.325. The number of rotatable bonds is 9. The van der Waals surface area contributed by atoms with Crippen molar-refractivity contribution in [1.29, 1.82) is 0 Å². The highest BCUT2D eigenvalue weighted by Gasteiger charge is 2.59. The number of likely N-dealkylation sites (N-methyl/N-ethyl adjacent to an activating group) is 1. The first-order valence-electron chi connectivity index (χ1n) is 14.6. The van der Waals surface area contributed by atoms with Gasteiger partial charge in [-0.25, -0.2) is 0 Å². The van der Waals surface area contributed by atoms with Gasteiger partial charge in [-0.05, 0) is 112 Å². The summed E-state index contributed by atoms with van der Waals surface area (Å²) in [5, 5.41) is 0. The Bertz CT molecular complexity index is 682. The summed E-state index contributed by atoms with van der Waals surface area (Å²) in [4.78, 5) is 2.23. The molecule has 1 unspecified atom stereocenters. The number of ether oxygens (including phenoxy) is 1. The van der Waals surface area contributed by atoms with Gasteiger partial charge >= 0.3 is 0 Å². The van der Waals surface area contributed by atoms with Crippen molar-refractivity contribution in [3.05, 3.63) is 11.6 Å². The van der Waals surface area contributed by atoms with E-state index in [1.807, 2.05) is 0 Å². The van der Waals surface area contributed by atoms with Gasteiger partial charge in [-0.1, -0.05) is 65.5 Å². The van der Waals surface area contributed by atoms with E-state index < -0.39 is 0 Å². The van der Waals surface area contributed by atoms with Gasteiger partial charge in [0.05, 0.1) is 12.7 Å². The molecule has 3 saturated carbocycles. The zero-order chi connectivity index (χ0) is 23.8. The van der Waals surface area contributed by atoms with Crippen molar-refractivity contribution < 1.29 is 4.74 Å². The summed E-state index contributed by atoms with van der Waals surface area (Å²) in [5.41, 5.74) is 2.82. The molecule has 0 aromatic heterocycles. The van der Waals surface area contributed by atoms with Crippen molar-refractivity contribution >= 4 is 0 Å². The Hall–Kier alpha value is -0.340. The number of hydrogen-bond acceptors (Lipinski definition) is 2. The van der Waals surface area contributed by atoms with Crippen LogP contribution >= 0.6 is 0 Å². The molecule has 190 valence electrons. The molecule has 2 heteroatoms. The van der Waals surface area contributed by atoms with E-state index in [0.29, 0.717) is 16.9 Å². The van der Waals surface area contributed by atoms with Gasteiger partial charge in [-0.15, -0.1) is 0 Å². The molecule has 0 N–H and O–H groups in total. The van der Waals surface area contributed by atoms with Crippen LogP contribution in [0.1, 0.15) is 105 Å². The minimum atomic E-state index is 0.451. The second kappa shape index (κ2) is 10.3. The smallest absolute Gasteiger partial charge is 0.0613 e. The summed E-state index contributed by atoms with van der Waals surface area (Å²) in [5.74, 6) is 5.57. The van der Waals surface area contributed by atoms with Crippen LogP contribution in [-0.4, -0.2) is 38.3 Å². The van der Waals surface area contributed by atoms with E-state index in [1.54, 1.807) is 5.57 Å². The topological polar surface area (TPSA) is 12.5 Å². The van der Waals surface area contributed by atoms with Gasteiger partial charge in [-0.3, -0.25) is 0 Å². The van der Waals surface area contributed by atoms with Crippen LogP contribution in [0, 0.1) is 46.3 Å². The highest BCUT2D eigenvalue weighted by atomic mass is 16.5. The van der Waals surface area contributed by atoms with E-state index in [9.17, 15) is 0 Å². The Labute approximate surface area is 206 Å². The summed E-state index contributed by atoms with van der Waals surface area (Å²) < 4.78 is 6.31. The van der Waals surface area contributed by atoms with E-state index in [4.69, 9.17) is 4.74 Å². The van der Waals surface area contributed by atoms with Gasteiger partial charge in [0, 0.05) is 6.54 Å². The van der Waals surface area contributed by atoms with Gasteiger partial charge < -0.3 is 9.64 Å². The predicted octanol–water partition coefficient (Wildman–Crippen LogP) is 7.97. The number of nitrogens with zero attached hydrogens (tertiary/aromatic N) is 1. The Morgan fingerprint density at radius 3 is 2.52 bits per heavy atom. The first kappa shape index (κ1) is 25.7. The van der Waals surface area contributed by atoms with E-state index in [1.165, 1.54) is 70.6 Å². The maximum atomic E-state index is 6.31. The number of fused-ring (bicyclic) bond motifs is 5. The molecule has 0 radical (unpaired) electrons. The lowest BCUT2D eigenvalue weighted by Crippen LogP contribution is -2.51. The van der Waals surface area contributed by atoms with Crippen LogP contribution in [0.15, 0.2) is 11.6 Å². The fraction of sp³-hybridized carbons (Fsp3) is 0.935. The maximum Gasteiger partial charge on any atom is 0.0613 e. The maximum absolute atomic E-state index is 6.31. The molecule has 0 amide bonds. The molecule has 0 bridgehead atoms. The standard InChI is InChI=1S/C31H55NO/c1-22(2)9-8-10-23(3)27-13-14-28-26-12-11-24-21-25(33-20-19-32(6)7)15-17-30(24,4)29(26)16-18-31(27,28)5/h11,22-23,25-29H,8-10,12-21H2,1-7H3/t23-,25+,26?,27-,28+,29+,30+,31-/m1/s1. The van der Waals surface area contributed by atoms with Crippen LogP contribution in [0.3, 0.4) is 0 Å². The average molecular weight is 458 g/mol. The molecular formula is C31H55NO. The molecular weight excluding hydrogens is 402 g/mol. The number of allylic oxidation sites excluding steroid dienone is 1. The fourth-order valence-electron chi connectivity index (χ4n) is 9.20. The van der Waals surface area contributed by atoms with Crippen molar-refractivity contribution in [3.63, 3.8) is 0 Å². The van der Waals surface area contributed by atoms with Crippen molar-refractivity contribution in [2.45, 2.75) is 111 Å². The Morgan fingerprint density at radius 1 is 1.00 bits per heavy atom. The van der Waals surface area contributed by atoms with Crippen LogP contribution in [0.2, 0.25) is 0 Å². The molecule has 0 heterocycles. The molecule has 4 aliphatic carbocycles. The van der Waals surface area contributed by atoms with Gasteiger partial charge in [0.2, 0.25) is 0 Å². The molecule has 0 aromatic carbocycles. The lowest BCUT2D eigenvalue weighted by molar-refractivity contribution is -0.0644. The summed E-state index contributed by atoms with van der Waals surface area (Å²) >= 11 is 0. The normalized spacial score (nSPS) is 41.5. The Balaban J connectivity index is 1.41. The Kier molecular flexibility index (Phi) is 8.06. The second-order valence-electron chi connectivity index (χ2n) is 13.8. The van der Waals surface area contributed by atoms with Crippen LogP contribution in [0.25, 0.3) is 0 Å².